The Morgan fingerprint density at radius 3 is 2.84 bits per heavy atom. The van der Waals surface area contributed by atoms with E-state index < -0.39 is 0 Å². The third-order valence-corrected chi connectivity index (χ3v) is 3.74. The number of pyridine rings is 1. The van der Waals surface area contributed by atoms with Crippen LogP contribution >= 0.6 is 0 Å². The molecular weight excluding hydrogens is 234 g/mol. The maximum absolute atomic E-state index is 6.08. The van der Waals surface area contributed by atoms with E-state index in [4.69, 9.17) is 5.73 Å². The fraction of sp³-hybridized carbons (Fsp3) is 0.312. The number of para-hydroxylation sites is 1. The van der Waals surface area contributed by atoms with Crippen molar-refractivity contribution in [2.45, 2.75) is 32.4 Å². The molecule has 1 aliphatic rings. The van der Waals surface area contributed by atoms with E-state index in [0.29, 0.717) is 6.04 Å². The summed E-state index contributed by atoms with van der Waals surface area (Å²) in [5.41, 5.74) is 9.83. The van der Waals surface area contributed by atoms with Gasteiger partial charge in [0.15, 0.2) is 0 Å². The van der Waals surface area contributed by atoms with Gasteiger partial charge in [-0.15, -0.1) is 0 Å². The van der Waals surface area contributed by atoms with E-state index in [1.807, 2.05) is 19.2 Å². The molecule has 0 bridgehead atoms. The lowest BCUT2D eigenvalue weighted by Gasteiger charge is -2.27. The molecule has 0 amide bonds. The van der Waals surface area contributed by atoms with Crippen LogP contribution < -0.4 is 10.6 Å². The first-order valence-electron chi connectivity index (χ1n) is 6.76. The van der Waals surface area contributed by atoms with Crippen molar-refractivity contribution in [1.29, 1.82) is 0 Å². The van der Waals surface area contributed by atoms with Crippen LogP contribution in [0.5, 0.6) is 0 Å². The molecule has 19 heavy (non-hydrogen) atoms. The van der Waals surface area contributed by atoms with Crippen LogP contribution in [0.3, 0.4) is 0 Å². The number of aromatic nitrogens is 1. The lowest BCUT2D eigenvalue weighted by Crippen LogP contribution is -2.27. The first kappa shape index (κ1) is 12.2. The number of nitrogens with zero attached hydrogens (tertiary/aromatic N) is 2. The molecule has 0 fully saturated rings. The fourth-order valence-corrected chi connectivity index (χ4v) is 2.85. The molecule has 2 heterocycles. The van der Waals surface area contributed by atoms with Gasteiger partial charge in [-0.1, -0.05) is 24.3 Å². The fourth-order valence-electron chi connectivity index (χ4n) is 2.85. The van der Waals surface area contributed by atoms with Crippen LogP contribution in [-0.4, -0.2) is 11.0 Å². The van der Waals surface area contributed by atoms with Gasteiger partial charge in [-0.05, 0) is 38.0 Å². The van der Waals surface area contributed by atoms with E-state index in [1.54, 1.807) is 0 Å². The highest BCUT2D eigenvalue weighted by molar-refractivity contribution is 5.70. The molecule has 2 N–H and O–H groups in total. The highest BCUT2D eigenvalue weighted by atomic mass is 15.2. The van der Waals surface area contributed by atoms with Crippen molar-refractivity contribution in [3.05, 3.63) is 53.7 Å². The van der Waals surface area contributed by atoms with Gasteiger partial charge in [-0.2, -0.15) is 0 Å². The van der Waals surface area contributed by atoms with Crippen molar-refractivity contribution in [1.82, 2.24) is 4.98 Å². The second-order valence-electron chi connectivity index (χ2n) is 5.26. The van der Waals surface area contributed by atoms with E-state index in [-0.39, 0.29) is 6.04 Å². The number of hydrogen-bond acceptors (Lipinski definition) is 3. The van der Waals surface area contributed by atoms with E-state index in [1.165, 1.54) is 11.3 Å². The smallest absolute Gasteiger partial charge is 0.137 e. The van der Waals surface area contributed by atoms with Crippen molar-refractivity contribution in [2.75, 3.05) is 4.90 Å². The van der Waals surface area contributed by atoms with Crippen LogP contribution in [0.2, 0.25) is 0 Å². The monoisotopic (exact) mass is 253 g/mol. The van der Waals surface area contributed by atoms with Gasteiger partial charge in [0.1, 0.15) is 5.82 Å². The summed E-state index contributed by atoms with van der Waals surface area (Å²) in [7, 11) is 0. The number of fused-ring (bicyclic) bond motifs is 1. The predicted molar refractivity (Wildman–Crippen MR) is 78.6 cm³/mol. The number of hydrogen-bond donors (Lipinski definition) is 1. The van der Waals surface area contributed by atoms with Crippen LogP contribution in [0.1, 0.15) is 31.0 Å². The van der Waals surface area contributed by atoms with Crippen LogP contribution in [-0.2, 0) is 6.42 Å². The maximum Gasteiger partial charge on any atom is 0.137 e. The molecule has 2 atom stereocenters. The average Bonchev–Trinajstić information content (AvgIpc) is 2.74. The summed E-state index contributed by atoms with van der Waals surface area (Å²) < 4.78 is 0. The van der Waals surface area contributed by atoms with Crippen LogP contribution in [0.15, 0.2) is 42.6 Å². The average molecular weight is 253 g/mol. The second kappa shape index (κ2) is 4.67. The van der Waals surface area contributed by atoms with Gasteiger partial charge < -0.3 is 10.6 Å². The maximum atomic E-state index is 6.08. The number of benzene rings is 1. The SMILES string of the molecule is CC1Cc2ccccc2N1c1ncccc1[C@H](C)N. The standard InChI is InChI=1S/C16H19N3/c1-11-10-13-6-3-4-8-15(13)19(11)16-14(12(2)17)7-5-9-18-16/h3-9,11-12H,10,17H2,1-2H3/t11?,12-/m0/s1. The Morgan fingerprint density at radius 1 is 1.26 bits per heavy atom. The van der Waals surface area contributed by atoms with Gasteiger partial charge in [0.2, 0.25) is 0 Å². The number of anilines is 2. The van der Waals surface area contributed by atoms with E-state index >= 15 is 0 Å². The summed E-state index contributed by atoms with van der Waals surface area (Å²) in [5, 5.41) is 0. The Bertz CT molecular complexity index is 592. The normalized spacial score (nSPS) is 19.3. The molecule has 98 valence electrons. The Balaban J connectivity index is 2.13. The van der Waals surface area contributed by atoms with Gasteiger partial charge in [0, 0.05) is 29.5 Å². The number of nitrogens with two attached hydrogens (primary N) is 1. The first-order chi connectivity index (χ1) is 9.18. The van der Waals surface area contributed by atoms with Crippen LogP contribution in [0, 0.1) is 0 Å². The molecule has 1 aromatic heterocycles. The minimum atomic E-state index is -0.0105. The Hall–Kier alpha value is -1.87. The minimum Gasteiger partial charge on any atom is -0.324 e. The van der Waals surface area contributed by atoms with Gasteiger partial charge in [-0.3, -0.25) is 0 Å². The summed E-state index contributed by atoms with van der Waals surface area (Å²) in [6, 6.07) is 13.0. The Kier molecular flexibility index (Phi) is 2.99. The van der Waals surface area contributed by atoms with Crippen LogP contribution in [0.4, 0.5) is 11.5 Å². The zero-order valence-electron chi connectivity index (χ0n) is 11.4. The lowest BCUT2D eigenvalue weighted by atomic mass is 10.1. The van der Waals surface area contributed by atoms with Crippen molar-refractivity contribution in [3.8, 4) is 0 Å². The molecule has 3 heteroatoms. The molecule has 0 spiro atoms. The largest absolute Gasteiger partial charge is 0.324 e. The molecule has 0 radical (unpaired) electrons. The summed E-state index contributed by atoms with van der Waals surface area (Å²) in [5.74, 6) is 0.995. The molecular formula is C16H19N3. The Labute approximate surface area is 114 Å². The quantitative estimate of drug-likeness (QED) is 0.893. The first-order valence-corrected chi connectivity index (χ1v) is 6.76. The molecule has 3 nitrogen and oxygen atoms in total. The van der Waals surface area contributed by atoms with Gasteiger partial charge in [0.25, 0.3) is 0 Å². The third-order valence-electron chi connectivity index (χ3n) is 3.74. The van der Waals surface area contributed by atoms with Gasteiger partial charge >= 0.3 is 0 Å². The molecule has 1 unspecified atom stereocenters. The third kappa shape index (κ3) is 2.00. The summed E-state index contributed by atoms with van der Waals surface area (Å²) in [6.45, 7) is 4.24. The topological polar surface area (TPSA) is 42.2 Å². The van der Waals surface area contributed by atoms with E-state index in [0.717, 1.165) is 17.8 Å². The molecule has 0 saturated heterocycles. The summed E-state index contributed by atoms with van der Waals surface area (Å²) >= 11 is 0. The highest BCUT2D eigenvalue weighted by Gasteiger charge is 2.29. The molecule has 1 aromatic carbocycles. The summed E-state index contributed by atoms with van der Waals surface area (Å²) in [6.07, 6.45) is 2.90. The molecule has 0 aliphatic carbocycles. The van der Waals surface area contributed by atoms with Gasteiger partial charge in [-0.25, -0.2) is 4.98 Å². The van der Waals surface area contributed by atoms with E-state index in [2.05, 4.69) is 47.1 Å². The van der Waals surface area contributed by atoms with Crippen molar-refractivity contribution < 1.29 is 0 Å². The zero-order valence-corrected chi connectivity index (χ0v) is 11.4. The minimum absolute atomic E-state index is 0.0105. The van der Waals surface area contributed by atoms with Crippen LogP contribution in [0.25, 0.3) is 0 Å². The molecule has 2 aromatic rings. The van der Waals surface area contributed by atoms with Gasteiger partial charge in [0.05, 0.1) is 0 Å². The van der Waals surface area contributed by atoms with E-state index in [9.17, 15) is 0 Å². The summed E-state index contributed by atoms with van der Waals surface area (Å²) in [4.78, 5) is 6.89. The predicted octanol–water partition coefficient (Wildman–Crippen LogP) is 3.18. The second-order valence-corrected chi connectivity index (χ2v) is 5.26. The highest BCUT2D eigenvalue weighted by Crippen LogP contribution is 2.39. The van der Waals surface area contributed by atoms with Crippen molar-refractivity contribution >= 4 is 11.5 Å². The molecule has 0 saturated carbocycles. The Morgan fingerprint density at radius 2 is 2.05 bits per heavy atom. The lowest BCUT2D eigenvalue weighted by molar-refractivity contribution is 0.732. The molecule has 1 aliphatic heterocycles. The van der Waals surface area contributed by atoms with Crippen molar-refractivity contribution in [2.24, 2.45) is 5.73 Å². The molecule has 3 rings (SSSR count). The number of rotatable bonds is 2. The van der Waals surface area contributed by atoms with Crippen molar-refractivity contribution in [3.63, 3.8) is 0 Å². The zero-order chi connectivity index (χ0) is 13.4.